The highest BCUT2D eigenvalue weighted by atomic mass is 16.5. The van der Waals surface area contributed by atoms with Crippen LogP contribution in [0.2, 0.25) is 0 Å². The summed E-state index contributed by atoms with van der Waals surface area (Å²) in [4.78, 5) is 37.3. The average molecular weight is 412 g/mol. The summed E-state index contributed by atoms with van der Waals surface area (Å²) >= 11 is 0. The lowest BCUT2D eigenvalue weighted by molar-refractivity contribution is -0.155. The molecule has 0 unspecified atom stereocenters. The molecule has 1 saturated carbocycles. The van der Waals surface area contributed by atoms with Crippen molar-refractivity contribution in [2.75, 3.05) is 20.8 Å². The second-order valence-corrected chi connectivity index (χ2v) is 6.85. The zero-order chi connectivity index (χ0) is 21.5. The van der Waals surface area contributed by atoms with Crippen LogP contribution in [0.1, 0.15) is 34.9 Å². The van der Waals surface area contributed by atoms with Crippen LogP contribution in [0.15, 0.2) is 48.5 Å². The van der Waals surface area contributed by atoms with Crippen molar-refractivity contribution >= 4 is 17.8 Å². The lowest BCUT2D eigenvalue weighted by Gasteiger charge is -2.18. The maximum Gasteiger partial charge on any atom is 0.326 e. The molecule has 30 heavy (non-hydrogen) atoms. The van der Waals surface area contributed by atoms with Gasteiger partial charge in [-0.25, -0.2) is 0 Å². The van der Waals surface area contributed by atoms with Crippen LogP contribution >= 0.6 is 0 Å². The quantitative estimate of drug-likeness (QED) is 0.611. The average Bonchev–Trinajstić information content (AvgIpc) is 3.59. The van der Waals surface area contributed by atoms with Crippen molar-refractivity contribution in [3.05, 3.63) is 59.7 Å². The largest absolute Gasteiger partial charge is 0.497 e. The summed E-state index contributed by atoms with van der Waals surface area (Å²) in [5.74, 6) is -0.701. The molecule has 1 fully saturated rings. The van der Waals surface area contributed by atoms with E-state index in [0.717, 1.165) is 12.8 Å². The van der Waals surface area contributed by atoms with Crippen LogP contribution in [0.5, 0.6) is 11.5 Å². The van der Waals surface area contributed by atoms with Gasteiger partial charge in [0.05, 0.1) is 14.2 Å². The molecule has 8 heteroatoms. The molecule has 0 aromatic heterocycles. The minimum atomic E-state index is -1.08. The van der Waals surface area contributed by atoms with Crippen molar-refractivity contribution in [3.63, 3.8) is 0 Å². The first-order valence-corrected chi connectivity index (χ1v) is 9.56. The number of methoxy groups -OCH3 is 2. The summed E-state index contributed by atoms with van der Waals surface area (Å²) < 4.78 is 15.7. The van der Waals surface area contributed by atoms with Gasteiger partial charge in [0, 0.05) is 23.2 Å². The van der Waals surface area contributed by atoms with Crippen molar-refractivity contribution in [3.8, 4) is 11.5 Å². The lowest BCUT2D eigenvalue weighted by Crippen LogP contribution is -2.36. The molecular weight excluding hydrogens is 388 g/mol. The van der Waals surface area contributed by atoms with Crippen LogP contribution < -0.4 is 20.1 Å². The summed E-state index contributed by atoms with van der Waals surface area (Å²) in [6.45, 7) is -0.390. The standard InChI is InChI=1S/C22H24N2O6/c1-28-17-10-15(11-18(12-17)29-2)21(26)23-13-19(25)30-20(14-6-4-3-5-7-14)22(27)24-16-8-9-16/h3-7,10-12,16,20H,8-9,13H2,1-2H3,(H,23,26)(H,24,27)/t20-/m0/s1. The fourth-order valence-corrected chi connectivity index (χ4v) is 2.77. The summed E-state index contributed by atoms with van der Waals surface area (Å²) in [6, 6.07) is 13.6. The van der Waals surface area contributed by atoms with Crippen molar-refractivity contribution in [2.24, 2.45) is 0 Å². The van der Waals surface area contributed by atoms with E-state index < -0.39 is 24.5 Å². The molecule has 2 aromatic carbocycles. The molecule has 0 aliphatic heterocycles. The number of hydrogen-bond acceptors (Lipinski definition) is 6. The first-order valence-electron chi connectivity index (χ1n) is 9.56. The molecule has 1 aliphatic rings. The third-order valence-electron chi connectivity index (χ3n) is 4.52. The Kier molecular flexibility index (Phi) is 6.90. The smallest absolute Gasteiger partial charge is 0.326 e. The molecule has 2 amide bonds. The fraction of sp³-hybridized carbons (Fsp3) is 0.318. The van der Waals surface area contributed by atoms with E-state index in [-0.39, 0.29) is 17.5 Å². The number of esters is 1. The van der Waals surface area contributed by atoms with Gasteiger partial charge in [-0.3, -0.25) is 14.4 Å². The molecular formula is C22H24N2O6. The highest BCUT2D eigenvalue weighted by molar-refractivity contribution is 5.97. The van der Waals surface area contributed by atoms with Gasteiger partial charge in [0.25, 0.3) is 11.8 Å². The van der Waals surface area contributed by atoms with Crippen molar-refractivity contribution < 1.29 is 28.6 Å². The number of carbonyl (C=O) groups is 3. The third kappa shape index (κ3) is 5.73. The van der Waals surface area contributed by atoms with E-state index in [4.69, 9.17) is 14.2 Å². The minimum absolute atomic E-state index is 0.130. The first kappa shape index (κ1) is 21.2. The topological polar surface area (TPSA) is 103 Å². The van der Waals surface area contributed by atoms with Gasteiger partial charge in [-0.1, -0.05) is 30.3 Å². The van der Waals surface area contributed by atoms with Gasteiger partial charge >= 0.3 is 5.97 Å². The molecule has 0 saturated heterocycles. The molecule has 0 radical (unpaired) electrons. The number of nitrogens with one attached hydrogen (secondary N) is 2. The van der Waals surface area contributed by atoms with Gasteiger partial charge in [-0.2, -0.15) is 0 Å². The Balaban J connectivity index is 1.62. The van der Waals surface area contributed by atoms with Gasteiger partial charge in [-0.05, 0) is 25.0 Å². The highest BCUT2D eigenvalue weighted by Crippen LogP contribution is 2.24. The minimum Gasteiger partial charge on any atom is -0.497 e. The highest BCUT2D eigenvalue weighted by Gasteiger charge is 2.30. The van der Waals surface area contributed by atoms with Crippen LogP contribution in [-0.4, -0.2) is 44.6 Å². The van der Waals surface area contributed by atoms with E-state index in [9.17, 15) is 14.4 Å². The lowest BCUT2D eigenvalue weighted by atomic mass is 10.1. The van der Waals surface area contributed by atoms with Gasteiger partial charge in [0.2, 0.25) is 6.10 Å². The number of rotatable bonds is 9. The van der Waals surface area contributed by atoms with Crippen molar-refractivity contribution in [1.82, 2.24) is 10.6 Å². The summed E-state index contributed by atoms with van der Waals surface area (Å²) in [5, 5.41) is 5.34. The van der Waals surface area contributed by atoms with Crippen LogP contribution in [0.25, 0.3) is 0 Å². The fourth-order valence-electron chi connectivity index (χ4n) is 2.77. The monoisotopic (exact) mass is 412 g/mol. The Hall–Kier alpha value is -3.55. The zero-order valence-corrected chi connectivity index (χ0v) is 16.8. The molecule has 8 nitrogen and oxygen atoms in total. The van der Waals surface area contributed by atoms with E-state index in [2.05, 4.69) is 10.6 Å². The Morgan fingerprint density at radius 1 is 1.00 bits per heavy atom. The van der Waals surface area contributed by atoms with Gasteiger partial charge in [0.1, 0.15) is 18.0 Å². The predicted octanol–water partition coefficient (Wildman–Crippen LogP) is 2.00. The number of amides is 2. The number of carbonyl (C=O) groups excluding carboxylic acids is 3. The Bertz CT molecular complexity index is 889. The molecule has 2 N–H and O–H groups in total. The SMILES string of the molecule is COc1cc(OC)cc(C(=O)NCC(=O)O[C@H](C(=O)NC2CC2)c2ccccc2)c1. The van der Waals surface area contributed by atoms with Gasteiger partial charge in [0.15, 0.2) is 0 Å². The second-order valence-electron chi connectivity index (χ2n) is 6.85. The molecule has 0 spiro atoms. The summed E-state index contributed by atoms with van der Waals surface area (Å²) in [5.41, 5.74) is 0.831. The molecule has 1 aliphatic carbocycles. The van der Waals surface area contributed by atoms with E-state index >= 15 is 0 Å². The van der Waals surface area contributed by atoms with E-state index in [1.807, 2.05) is 6.07 Å². The molecule has 158 valence electrons. The van der Waals surface area contributed by atoms with Crippen LogP contribution in [0, 0.1) is 0 Å². The van der Waals surface area contributed by atoms with Crippen LogP contribution in [0.3, 0.4) is 0 Å². The van der Waals surface area contributed by atoms with Gasteiger partial charge < -0.3 is 24.8 Å². The third-order valence-corrected chi connectivity index (χ3v) is 4.52. The van der Waals surface area contributed by atoms with Crippen LogP contribution in [-0.2, 0) is 14.3 Å². The van der Waals surface area contributed by atoms with Crippen LogP contribution in [0.4, 0.5) is 0 Å². The van der Waals surface area contributed by atoms with E-state index in [0.29, 0.717) is 17.1 Å². The predicted molar refractivity (Wildman–Crippen MR) is 108 cm³/mol. The molecule has 0 bridgehead atoms. The molecule has 2 aromatic rings. The zero-order valence-electron chi connectivity index (χ0n) is 16.8. The Morgan fingerprint density at radius 2 is 1.63 bits per heavy atom. The maximum absolute atomic E-state index is 12.5. The second kappa shape index (κ2) is 9.78. The Morgan fingerprint density at radius 3 is 2.20 bits per heavy atom. The number of hydrogen-bond donors (Lipinski definition) is 2. The number of ether oxygens (including phenoxy) is 3. The molecule has 1 atom stereocenters. The first-order chi connectivity index (χ1) is 14.5. The van der Waals surface area contributed by atoms with Crippen molar-refractivity contribution in [1.29, 1.82) is 0 Å². The Labute approximate surface area is 174 Å². The molecule has 0 heterocycles. The van der Waals surface area contributed by atoms with Crippen molar-refractivity contribution in [2.45, 2.75) is 25.0 Å². The number of benzene rings is 2. The molecule has 3 rings (SSSR count). The summed E-state index contributed by atoms with van der Waals surface area (Å²) in [7, 11) is 2.95. The normalized spacial score (nSPS) is 13.7. The van der Waals surface area contributed by atoms with E-state index in [1.165, 1.54) is 26.4 Å². The van der Waals surface area contributed by atoms with Gasteiger partial charge in [-0.15, -0.1) is 0 Å². The van der Waals surface area contributed by atoms with E-state index in [1.54, 1.807) is 30.3 Å². The summed E-state index contributed by atoms with van der Waals surface area (Å²) in [6.07, 6.45) is 0.760. The maximum atomic E-state index is 12.5.